The number of piperidine rings is 1. The van der Waals surface area contributed by atoms with Crippen molar-refractivity contribution in [1.29, 1.82) is 0 Å². The minimum absolute atomic E-state index is 0.316. The molecule has 116 valence electrons. The molecule has 1 atom stereocenters. The van der Waals surface area contributed by atoms with E-state index in [0.29, 0.717) is 12.0 Å². The zero-order chi connectivity index (χ0) is 15.4. The van der Waals surface area contributed by atoms with Crippen molar-refractivity contribution in [3.8, 4) is 0 Å². The lowest BCUT2D eigenvalue weighted by molar-refractivity contribution is 0.150. The largest absolute Gasteiger partial charge is 0.309 e. The van der Waals surface area contributed by atoms with Gasteiger partial charge in [-0.1, -0.05) is 13.3 Å². The average molecular weight is 298 g/mol. The Kier molecular flexibility index (Phi) is 4.58. The quantitative estimate of drug-likeness (QED) is 0.936. The average Bonchev–Trinajstić information content (AvgIpc) is 2.55. The smallest absolute Gasteiger partial charge is 0.228 e. The number of hydrogen-bond acceptors (Lipinski definition) is 6. The molecule has 22 heavy (non-hydrogen) atoms. The SMILES string of the molecule is CCN1CCCCC1c1nc(C)cc(Nc2ncccn2)n1. The van der Waals surface area contributed by atoms with Crippen molar-refractivity contribution in [3.63, 3.8) is 0 Å². The normalized spacial score (nSPS) is 19.1. The highest BCUT2D eigenvalue weighted by Crippen LogP contribution is 2.29. The standard InChI is InChI=1S/C16H22N6/c1-3-22-10-5-4-7-13(22)15-19-12(2)11-14(20-15)21-16-17-8-6-9-18-16/h6,8-9,11,13H,3-5,7,10H2,1-2H3,(H,17,18,19,20,21). The van der Waals surface area contributed by atoms with E-state index in [1.54, 1.807) is 18.5 Å². The summed E-state index contributed by atoms with van der Waals surface area (Å²) in [7, 11) is 0. The second-order valence-corrected chi connectivity index (χ2v) is 5.59. The van der Waals surface area contributed by atoms with Gasteiger partial charge in [-0.2, -0.15) is 0 Å². The van der Waals surface area contributed by atoms with E-state index in [-0.39, 0.29) is 0 Å². The molecule has 0 aromatic carbocycles. The molecule has 2 aromatic rings. The second-order valence-electron chi connectivity index (χ2n) is 5.59. The molecule has 3 heterocycles. The molecule has 6 heteroatoms. The van der Waals surface area contributed by atoms with E-state index in [9.17, 15) is 0 Å². The molecule has 1 aliphatic heterocycles. The second kappa shape index (κ2) is 6.79. The highest BCUT2D eigenvalue weighted by molar-refractivity contribution is 5.47. The van der Waals surface area contributed by atoms with Crippen molar-refractivity contribution in [2.45, 2.75) is 39.2 Å². The maximum absolute atomic E-state index is 4.71. The first-order valence-electron chi connectivity index (χ1n) is 7.90. The Morgan fingerprint density at radius 1 is 1.23 bits per heavy atom. The third-order valence-electron chi connectivity index (χ3n) is 4.00. The van der Waals surface area contributed by atoms with Gasteiger partial charge in [-0.05, 0) is 38.9 Å². The molecule has 0 aliphatic carbocycles. The molecular weight excluding hydrogens is 276 g/mol. The van der Waals surface area contributed by atoms with Crippen LogP contribution in [0.5, 0.6) is 0 Å². The van der Waals surface area contributed by atoms with Crippen molar-refractivity contribution < 1.29 is 0 Å². The molecule has 1 N–H and O–H groups in total. The molecular formula is C16H22N6. The summed E-state index contributed by atoms with van der Waals surface area (Å²) < 4.78 is 0. The number of hydrogen-bond donors (Lipinski definition) is 1. The van der Waals surface area contributed by atoms with Gasteiger partial charge in [-0.3, -0.25) is 4.90 Å². The van der Waals surface area contributed by atoms with Crippen LogP contribution in [0.3, 0.4) is 0 Å². The molecule has 1 fully saturated rings. The number of rotatable bonds is 4. The summed E-state index contributed by atoms with van der Waals surface area (Å²) in [4.78, 5) is 20.2. The van der Waals surface area contributed by atoms with E-state index in [1.165, 1.54) is 12.8 Å². The summed E-state index contributed by atoms with van der Waals surface area (Å²) in [6, 6.07) is 4.04. The van der Waals surface area contributed by atoms with Gasteiger partial charge in [0.1, 0.15) is 11.6 Å². The number of likely N-dealkylation sites (tertiary alicyclic amines) is 1. The van der Waals surface area contributed by atoms with Crippen LogP contribution in [0.15, 0.2) is 24.5 Å². The fourth-order valence-electron chi connectivity index (χ4n) is 2.94. The van der Waals surface area contributed by atoms with Gasteiger partial charge in [-0.25, -0.2) is 19.9 Å². The predicted octanol–water partition coefficient (Wildman–Crippen LogP) is 2.87. The number of aryl methyl sites for hydroxylation is 1. The Bertz CT molecular complexity index is 615. The fourth-order valence-corrected chi connectivity index (χ4v) is 2.94. The van der Waals surface area contributed by atoms with Crippen molar-refractivity contribution in [2.75, 3.05) is 18.4 Å². The minimum atomic E-state index is 0.316. The number of aromatic nitrogens is 4. The van der Waals surface area contributed by atoms with E-state index < -0.39 is 0 Å². The summed E-state index contributed by atoms with van der Waals surface area (Å²) >= 11 is 0. The van der Waals surface area contributed by atoms with Crippen LogP contribution in [0.25, 0.3) is 0 Å². The van der Waals surface area contributed by atoms with Crippen molar-refractivity contribution in [2.24, 2.45) is 0 Å². The summed E-state index contributed by atoms with van der Waals surface area (Å²) in [6.07, 6.45) is 7.05. The summed E-state index contributed by atoms with van der Waals surface area (Å²) in [6.45, 7) is 6.36. The van der Waals surface area contributed by atoms with Gasteiger partial charge in [0, 0.05) is 24.2 Å². The molecule has 3 rings (SSSR count). The van der Waals surface area contributed by atoms with Crippen molar-refractivity contribution in [3.05, 3.63) is 36.0 Å². The van der Waals surface area contributed by atoms with Crippen LogP contribution in [-0.4, -0.2) is 37.9 Å². The first kappa shape index (κ1) is 14.8. The van der Waals surface area contributed by atoms with Gasteiger partial charge in [0.25, 0.3) is 0 Å². The molecule has 0 radical (unpaired) electrons. The molecule has 6 nitrogen and oxygen atoms in total. The van der Waals surface area contributed by atoms with Crippen molar-refractivity contribution >= 4 is 11.8 Å². The van der Waals surface area contributed by atoms with Crippen molar-refractivity contribution in [1.82, 2.24) is 24.8 Å². The van der Waals surface area contributed by atoms with Gasteiger partial charge >= 0.3 is 0 Å². The molecule has 0 spiro atoms. The zero-order valence-corrected chi connectivity index (χ0v) is 13.2. The molecule has 1 saturated heterocycles. The third-order valence-corrected chi connectivity index (χ3v) is 4.00. The van der Waals surface area contributed by atoms with Crippen LogP contribution in [0, 0.1) is 6.92 Å². The van der Waals surface area contributed by atoms with Crippen LogP contribution in [0.2, 0.25) is 0 Å². The number of nitrogens with one attached hydrogen (secondary N) is 1. The Balaban J connectivity index is 1.86. The molecule has 0 bridgehead atoms. The van der Waals surface area contributed by atoms with Gasteiger partial charge in [0.15, 0.2) is 0 Å². The van der Waals surface area contributed by atoms with E-state index in [2.05, 4.69) is 32.1 Å². The predicted molar refractivity (Wildman–Crippen MR) is 85.9 cm³/mol. The van der Waals surface area contributed by atoms with Gasteiger partial charge < -0.3 is 5.32 Å². The first-order valence-corrected chi connectivity index (χ1v) is 7.90. The molecule has 1 aliphatic rings. The number of anilines is 2. The van der Waals surface area contributed by atoms with Gasteiger partial charge in [0.05, 0.1) is 6.04 Å². The summed E-state index contributed by atoms with van der Waals surface area (Å²) in [5.41, 5.74) is 0.963. The summed E-state index contributed by atoms with van der Waals surface area (Å²) in [5.74, 6) is 2.22. The maximum Gasteiger partial charge on any atom is 0.228 e. The van der Waals surface area contributed by atoms with E-state index in [4.69, 9.17) is 4.98 Å². The monoisotopic (exact) mass is 298 g/mol. The van der Waals surface area contributed by atoms with Crippen LogP contribution < -0.4 is 5.32 Å². The van der Waals surface area contributed by atoms with Gasteiger partial charge in [0.2, 0.25) is 5.95 Å². The van der Waals surface area contributed by atoms with Crippen LogP contribution in [-0.2, 0) is 0 Å². The Hall–Kier alpha value is -2.08. The van der Waals surface area contributed by atoms with Gasteiger partial charge in [-0.15, -0.1) is 0 Å². The van der Waals surface area contributed by atoms with E-state index in [0.717, 1.165) is 36.8 Å². The fraction of sp³-hybridized carbons (Fsp3) is 0.500. The Morgan fingerprint density at radius 3 is 2.82 bits per heavy atom. The van der Waals surface area contributed by atoms with Crippen LogP contribution >= 0.6 is 0 Å². The van der Waals surface area contributed by atoms with Crippen LogP contribution in [0.4, 0.5) is 11.8 Å². The maximum atomic E-state index is 4.71. The highest BCUT2D eigenvalue weighted by Gasteiger charge is 2.25. The van der Waals surface area contributed by atoms with Crippen LogP contribution in [0.1, 0.15) is 43.7 Å². The lowest BCUT2D eigenvalue weighted by atomic mass is 10.0. The molecule has 0 amide bonds. The summed E-state index contributed by atoms with van der Waals surface area (Å²) in [5, 5.41) is 3.17. The molecule has 2 aromatic heterocycles. The van der Waals surface area contributed by atoms with E-state index in [1.807, 2.05) is 13.0 Å². The topological polar surface area (TPSA) is 66.8 Å². The lowest BCUT2D eigenvalue weighted by Crippen LogP contribution is -2.34. The molecule has 1 unspecified atom stereocenters. The highest BCUT2D eigenvalue weighted by atomic mass is 15.2. The molecule has 0 saturated carbocycles. The number of nitrogens with zero attached hydrogens (tertiary/aromatic N) is 5. The Labute approximate surface area is 131 Å². The van der Waals surface area contributed by atoms with E-state index >= 15 is 0 Å². The minimum Gasteiger partial charge on any atom is -0.309 e. The third kappa shape index (κ3) is 3.39. The Morgan fingerprint density at radius 2 is 2.05 bits per heavy atom. The zero-order valence-electron chi connectivity index (χ0n) is 13.2. The first-order chi connectivity index (χ1) is 10.8. The lowest BCUT2D eigenvalue weighted by Gasteiger charge is -2.33.